The van der Waals surface area contributed by atoms with Crippen LogP contribution in [-0.2, 0) is 9.53 Å². The van der Waals surface area contributed by atoms with E-state index in [1.165, 1.54) is 6.92 Å². The van der Waals surface area contributed by atoms with E-state index in [0.29, 0.717) is 5.75 Å². The topological polar surface area (TPSA) is 73.9 Å². The maximum Gasteiger partial charge on any atom is 0.303 e. The predicted molar refractivity (Wildman–Crippen MR) is 84.3 cm³/mol. The average molecular weight is 354 g/mol. The molecule has 0 aliphatic rings. The first kappa shape index (κ1) is 17.9. The third-order valence-electron chi connectivity index (χ3n) is 2.27. The van der Waals surface area contributed by atoms with Crippen molar-refractivity contribution in [1.82, 2.24) is 0 Å². The highest BCUT2D eigenvalue weighted by Crippen LogP contribution is 2.25. The van der Waals surface area contributed by atoms with Crippen LogP contribution >= 0.6 is 34.8 Å². The predicted octanol–water partition coefficient (Wildman–Crippen LogP) is 2.72. The lowest BCUT2D eigenvalue weighted by molar-refractivity contribution is -0.147. The summed E-state index contributed by atoms with van der Waals surface area (Å²) in [7, 11) is 0. The van der Waals surface area contributed by atoms with E-state index in [2.05, 4.69) is 4.99 Å². The van der Waals surface area contributed by atoms with Crippen molar-refractivity contribution >= 4 is 46.6 Å². The molecular weight excluding hydrogens is 339 g/mol. The van der Waals surface area contributed by atoms with Gasteiger partial charge in [-0.1, -0.05) is 53.0 Å². The molecule has 1 aromatic carbocycles. The van der Waals surface area contributed by atoms with Crippen molar-refractivity contribution in [1.29, 1.82) is 0 Å². The average Bonchev–Trinajstić information content (AvgIpc) is 2.41. The van der Waals surface area contributed by atoms with Crippen LogP contribution in [0.2, 0.25) is 0 Å². The highest BCUT2D eigenvalue weighted by Gasteiger charge is 2.25. The van der Waals surface area contributed by atoms with Gasteiger partial charge in [0, 0.05) is 6.92 Å². The lowest BCUT2D eigenvalue weighted by atomic mass is 10.3. The molecule has 21 heavy (non-hydrogen) atoms. The minimum Gasteiger partial charge on any atom is -0.490 e. The van der Waals surface area contributed by atoms with E-state index >= 15 is 0 Å². The highest BCUT2D eigenvalue weighted by atomic mass is 35.6. The number of amidine groups is 1. The third-order valence-corrected chi connectivity index (χ3v) is 2.85. The van der Waals surface area contributed by atoms with Crippen molar-refractivity contribution in [2.75, 3.05) is 13.2 Å². The van der Waals surface area contributed by atoms with Gasteiger partial charge in [0.1, 0.15) is 18.2 Å². The van der Waals surface area contributed by atoms with Crippen molar-refractivity contribution in [3.05, 3.63) is 30.3 Å². The number of aliphatic imine (C=N–C) groups is 1. The molecule has 116 valence electrons. The zero-order valence-corrected chi connectivity index (χ0v) is 13.5. The number of carbonyl (C=O) groups excluding carboxylic acids is 1. The summed E-state index contributed by atoms with van der Waals surface area (Å²) in [6, 6.07) is 9.08. The van der Waals surface area contributed by atoms with Crippen LogP contribution in [0.3, 0.4) is 0 Å². The van der Waals surface area contributed by atoms with Gasteiger partial charge in [-0.15, -0.1) is 0 Å². The van der Waals surface area contributed by atoms with E-state index in [4.69, 9.17) is 50.0 Å². The molecule has 0 aliphatic carbocycles. The van der Waals surface area contributed by atoms with E-state index in [0.717, 1.165) is 0 Å². The van der Waals surface area contributed by atoms with E-state index in [9.17, 15) is 4.79 Å². The lowest BCUT2D eigenvalue weighted by Gasteiger charge is -2.17. The van der Waals surface area contributed by atoms with Gasteiger partial charge in [-0.05, 0) is 12.1 Å². The number of para-hydroxylation sites is 1. The molecule has 2 N–H and O–H groups in total. The number of alkyl halides is 3. The molecule has 1 aromatic rings. The van der Waals surface area contributed by atoms with Crippen molar-refractivity contribution < 1.29 is 14.3 Å². The van der Waals surface area contributed by atoms with Gasteiger partial charge in [0.25, 0.3) is 0 Å². The maximum absolute atomic E-state index is 11.1. The molecule has 0 bridgehead atoms. The summed E-state index contributed by atoms with van der Waals surface area (Å²) < 4.78 is 8.79. The normalized spacial score (nSPS) is 13.6. The lowest BCUT2D eigenvalue weighted by Crippen LogP contribution is -2.32. The summed E-state index contributed by atoms with van der Waals surface area (Å²) >= 11 is 16.7. The number of carbonyl (C=O) groups is 1. The van der Waals surface area contributed by atoms with Crippen LogP contribution in [0.1, 0.15) is 6.92 Å². The summed E-state index contributed by atoms with van der Waals surface area (Å²) in [5.74, 6) is 0.0108. The summed E-state index contributed by atoms with van der Waals surface area (Å²) in [6.45, 7) is 1.43. The van der Waals surface area contributed by atoms with Crippen LogP contribution in [0.25, 0.3) is 0 Å². The van der Waals surface area contributed by atoms with Gasteiger partial charge in [0.05, 0.1) is 6.54 Å². The zero-order valence-electron chi connectivity index (χ0n) is 11.3. The van der Waals surface area contributed by atoms with Crippen LogP contribution in [0.5, 0.6) is 5.75 Å². The van der Waals surface area contributed by atoms with Gasteiger partial charge in [-0.2, -0.15) is 0 Å². The third kappa shape index (κ3) is 7.41. The molecule has 0 heterocycles. The number of hydrogen-bond acceptors (Lipinski definition) is 4. The SMILES string of the molecule is CC(=O)OC(CN=C(N)C(Cl)(Cl)Cl)COc1ccccc1. The fourth-order valence-corrected chi connectivity index (χ4v) is 1.53. The van der Waals surface area contributed by atoms with E-state index in [1.54, 1.807) is 12.1 Å². The Labute approximate surface area is 138 Å². The maximum atomic E-state index is 11.1. The first-order valence-corrected chi connectivity index (χ1v) is 7.14. The summed E-state index contributed by atoms with van der Waals surface area (Å²) in [6.07, 6.45) is -0.631. The van der Waals surface area contributed by atoms with Gasteiger partial charge in [0.15, 0.2) is 6.10 Å². The smallest absolute Gasteiger partial charge is 0.303 e. The molecule has 0 saturated carbocycles. The second-order valence-electron chi connectivity index (χ2n) is 4.08. The first-order chi connectivity index (χ1) is 9.79. The van der Waals surface area contributed by atoms with Crippen molar-refractivity contribution in [2.24, 2.45) is 10.7 Å². The number of nitrogens with zero attached hydrogens (tertiary/aromatic N) is 1. The van der Waals surface area contributed by atoms with Crippen molar-refractivity contribution in [3.63, 3.8) is 0 Å². The quantitative estimate of drug-likeness (QED) is 0.369. The fourth-order valence-electron chi connectivity index (χ4n) is 1.35. The molecule has 1 unspecified atom stereocenters. The molecule has 0 aromatic heterocycles. The largest absolute Gasteiger partial charge is 0.490 e. The molecule has 0 radical (unpaired) electrons. The number of benzene rings is 1. The van der Waals surface area contributed by atoms with Crippen LogP contribution in [0.15, 0.2) is 35.3 Å². The highest BCUT2D eigenvalue weighted by molar-refractivity contribution is 6.76. The van der Waals surface area contributed by atoms with Crippen molar-refractivity contribution in [3.8, 4) is 5.75 Å². The Morgan fingerprint density at radius 3 is 2.48 bits per heavy atom. The molecule has 0 amide bonds. The molecule has 0 fully saturated rings. The second kappa shape index (κ2) is 8.32. The second-order valence-corrected chi connectivity index (χ2v) is 6.36. The van der Waals surface area contributed by atoms with Gasteiger partial charge >= 0.3 is 5.97 Å². The standard InChI is InChI=1S/C13H15Cl3N2O3/c1-9(19)21-11(7-18-12(17)13(14,15)16)8-20-10-5-3-2-4-6-10/h2-6,11H,7-8H2,1H3,(H2,17,18). The Bertz CT molecular complexity index is 489. The van der Waals surface area contributed by atoms with Gasteiger partial charge < -0.3 is 15.2 Å². The molecule has 1 rings (SSSR count). The molecule has 5 nitrogen and oxygen atoms in total. The minimum absolute atomic E-state index is 0.0339. The van der Waals surface area contributed by atoms with E-state index in [-0.39, 0.29) is 19.0 Å². The van der Waals surface area contributed by atoms with Crippen LogP contribution < -0.4 is 10.5 Å². The molecular formula is C13H15Cl3N2O3. The van der Waals surface area contributed by atoms with Crippen LogP contribution in [-0.4, -0.2) is 34.9 Å². The summed E-state index contributed by atoms with van der Waals surface area (Å²) in [5, 5.41) is 0. The fraction of sp³-hybridized carbons (Fsp3) is 0.385. The number of nitrogens with two attached hydrogens (primary N) is 1. The Balaban J connectivity index is 2.62. The Morgan fingerprint density at radius 1 is 1.33 bits per heavy atom. The molecule has 0 aliphatic heterocycles. The van der Waals surface area contributed by atoms with Gasteiger partial charge in [0.2, 0.25) is 3.79 Å². The number of esters is 1. The van der Waals surface area contributed by atoms with E-state index in [1.807, 2.05) is 18.2 Å². The minimum atomic E-state index is -1.79. The molecule has 0 spiro atoms. The van der Waals surface area contributed by atoms with Gasteiger partial charge in [-0.25, -0.2) is 0 Å². The molecule has 1 atom stereocenters. The monoisotopic (exact) mass is 352 g/mol. The number of rotatable bonds is 6. The van der Waals surface area contributed by atoms with Gasteiger partial charge in [-0.3, -0.25) is 9.79 Å². The Kier molecular flexibility index (Phi) is 7.08. The van der Waals surface area contributed by atoms with E-state index < -0.39 is 15.9 Å². The Hall–Kier alpha value is -1.17. The summed E-state index contributed by atoms with van der Waals surface area (Å²) in [4.78, 5) is 15.0. The van der Waals surface area contributed by atoms with Crippen LogP contribution in [0.4, 0.5) is 0 Å². The van der Waals surface area contributed by atoms with Crippen LogP contribution in [0, 0.1) is 0 Å². The summed E-state index contributed by atoms with van der Waals surface area (Å²) in [5.41, 5.74) is 5.51. The number of ether oxygens (including phenoxy) is 2. The molecule has 0 saturated heterocycles. The zero-order chi connectivity index (χ0) is 15.9. The first-order valence-electron chi connectivity index (χ1n) is 6.01. The number of halogens is 3. The Morgan fingerprint density at radius 2 is 1.95 bits per heavy atom. The number of hydrogen-bond donors (Lipinski definition) is 1. The van der Waals surface area contributed by atoms with Crippen molar-refractivity contribution in [2.45, 2.75) is 16.8 Å². The molecule has 8 heteroatoms.